The smallest absolute Gasteiger partial charge is 0.271 e. The minimum absolute atomic E-state index is 0.159. The third-order valence-electron chi connectivity index (χ3n) is 4.20. The molecule has 0 aliphatic heterocycles. The highest BCUT2D eigenvalue weighted by molar-refractivity contribution is 7.94. The zero-order chi connectivity index (χ0) is 20.3. The number of thiophene rings is 1. The van der Waals surface area contributed by atoms with Crippen LogP contribution in [0.2, 0.25) is 0 Å². The van der Waals surface area contributed by atoms with Gasteiger partial charge in [0, 0.05) is 11.1 Å². The molecule has 0 unspecified atom stereocenters. The predicted octanol–water partition coefficient (Wildman–Crippen LogP) is 4.28. The molecule has 0 aliphatic carbocycles. The first-order valence-corrected chi connectivity index (χ1v) is 11.2. The Bertz CT molecular complexity index is 1250. The summed E-state index contributed by atoms with van der Waals surface area (Å²) in [5.41, 5.74) is 2.02. The van der Waals surface area contributed by atoms with Crippen molar-refractivity contribution in [2.45, 2.75) is 10.6 Å². The molecule has 0 bridgehead atoms. The zero-order valence-electron chi connectivity index (χ0n) is 15.2. The van der Waals surface area contributed by atoms with Gasteiger partial charge in [0.1, 0.15) is 10.0 Å². The molecule has 0 saturated carbocycles. The Balaban J connectivity index is 1.39. The molecule has 2 aromatic heterocycles. The summed E-state index contributed by atoms with van der Waals surface area (Å²) in [4.78, 5) is 16.8. The maximum Gasteiger partial charge on any atom is 0.271 e. The first-order chi connectivity index (χ1) is 14.0. The molecular weight excluding hydrogens is 406 g/mol. The number of aromatic nitrogens is 1. The molecule has 2 aromatic carbocycles. The van der Waals surface area contributed by atoms with E-state index in [2.05, 4.69) is 15.0 Å². The first-order valence-electron chi connectivity index (χ1n) is 8.80. The maximum absolute atomic E-state index is 12.3. The normalized spacial score (nSPS) is 11.3. The topological polar surface area (TPSA) is 88.2 Å². The number of amides is 1. The molecule has 6 nitrogen and oxygen atoms in total. The summed E-state index contributed by atoms with van der Waals surface area (Å²) in [6, 6.07) is 21.3. The van der Waals surface area contributed by atoms with Crippen molar-refractivity contribution >= 4 is 49.7 Å². The molecule has 4 aromatic rings. The van der Waals surface area contributed by atoms with Gasteiger partial charge >= 0.3 is 0 Å². The monoisotopic (exact) mass is 423 g/mol. The summed E-state index contributed by atoms with van der Waals surface area (Å²) in [6.07, 6.45) is 0.159. The number of fused-ring (bicyclic) bond motifs is 1. The van der Waals surface area contributed by atoms with Gasteiger partial charge in [-0.15, -0.1) is 11.3 Å². The number of anilines is 2. The largest absolute Gasteiger partial charge is 0.310 e. The number of para-hydroxylation sites is 1. The fourth-order valence-corrected chi connectivity index (χ4v) is 4.87. The second kappa shape index (κ2) is 8.02. The van der Waals surface area contributed by atoms with Crippen molar-refractivity contribution in [3.63, 3.8) is 0 Å². The lowest BCUT2D eigenvalue weighted by atomic mass is 10.1. The Morgan fingerprint density at radius 2 is 1.72 bits per heavy atom. The molecule has 0 radical (unpaired) electrons. The first kappa shape index (κ1) is 19.1. The second-order valence-corrected chi connectivity index (χ2v) is 9.21. The molecule has 8 heteroatoms. The van der Waals surface area contributed by atoms with E-state index in [0.717, 1.165) is 27.8 Å². The van der Waals surface area contributed by atoms with E-state index in [0.29, 0.717) is 11.5 Å². The number of hydrogen-bond donors (Lipinski definition) is 2. The van der Waals surface area contributed by atoms with Crippen LogP contribution in [0.5, 0.6) is 0 Å². The molecule has 29 heavy (non-hydrogen) atoms. The zero-order valence-corrected chi connectivity index (χ0v) is 16.8. The van der Waals surface area contributed by atoms with Crippen LogP contribution in [0, 0.1) is 0 Å². The molecule has 0 atom stereocenters. The summed E-state index contributed by atoms with van der Waals surface area (Å²) in [5.74, 6) is 0.300. The molecule has 2 N–H and O–H groups in total. The van der Waals surface area contributed by atoms with E-state index in [9.17, 15) is 13.2 Å². The van der Waals surface area contributed by atoms with Gasteiger partial charge in [-0.2, -0.15) is 0 Å². The molecule has 0 saturated heterocycles. The third-order valence-corrected chi connectivity index (χ3v) is 6.98. The van der Waals surface area contributed by atoms with E-state index in [1.54, 1.807) is 47.8 Å². The highest BCUT2D eigenvalue weighted by Gasteiger charge is 2.15. The van der Waals surface area contributed by atoms with Crippen LogP contribution >= 0.6 is 11.3 Å². The Morgan fingerprint density at radius 3 is 2.48 bits per heavy atom. The lowest BCUT2D eigenvalue weighted by Gasteiger charge is -2.08. The van der Waals surface area contributed by atoms with Crippen molar-refractivity contribution in [1.82, 2.24) is 4.98 Å². The van der Waals surface area contributed by atoms with Gasteiger partial charge in [-0.05, 0) is 47.3 Å². The summed E-state index contributed by atoms with van der Waals surface area (Å²) < 4.78 is 27.3. The second-order valence-electron chi connectivity index (χ2n) is 6.35. The molecular formula is C21H17N3O3S2. The van der Waals surface area contributed by atoms with Crippen LogP contribution in [0.3, 0.4) is 0 Å². The van der Waals surface area contributed by atoms with Crippen molar-refractivity contribution in [3.05, 3.63) is 83.7 Å². The van der Waals surface area contributed by atoms with Crippen molar-refractivity contribution in [3.8, 4) is 0 Å². The molecule has 1 amide bonds. The lowest BCUT2D eigenvalue weighted by molar-refractivity contribution is -0.115. The van der Waals surface area contributed by atoms with Gasteiger partial charge in [-0.1, -0.05) is 36.4 Å². The van der Waals surface area contributed by atoms with Crippen molar-refractivity contribution in [2.24, 2.45) is 0 Å². The van der Waals surface area contributed by atoms with Crippen LogP contribution in [-0.2, 0) is 21.2 Å². The van der Waals surface area contributed by atoms with Crippen LogP contribution in [0.25, 0.3) is 10.9 Å². The SMILES string of the molecule is O=C(Cc1ccc(NS(=O)(=O)c2cccs2)cc1)Nc1ccc2ccccc2n1. The quantitative estimate of drug-likeness (QED) is 0.485. The van der Waals surface area contributed by atoms with Gasteiger partial charge in [-0.25, -0.2) is 13.4 Å². The number of carbonyl (C=O) groups is 1. The number of hydrogen-bond acceptors (Lipinski definition) is 5. The minimum atomic E-state index is -3.58. The number of rotatable bonds is 6. The van der Waals surface area contributed by atoms with Gasteiger partial charge in [0.15, 0.2) is 0 Å². The summed E-state index contributed by atoms with van der Waals surface area (Å²) >= 11 is 1.15. The number of carbonyl (C=O) groups excluding carboxylic acids is 1. The molecule has 146 valence electrons. The number of benzene rings is 2. The van der Waals surface area contributed by atoms with Gasteiger partial charge in [0.25, 0.3) is 10.0 Å². The van der Waals surface area contributed by atoms with Gasteiger partial charge in [-0.3, -0.25) is 9.52 Å². The number of pyridine rings is 1. The van der Waals surface area contributed by atoms with Crippen molar-refractivity contribution in [1.29, 1.82) is 0 Å². The molecule has 0 spiro atoms. The fourth-order valence-electron chi connectivity index (χ4n) is 2.82. The van der Waals surface area contributed by atoms with Gasteiger partial charge < -0.3 is 5.32 Å². The van der Waals surface area contributed by atoms with Crippen molar-refractivity contribution < 1.29 is 13.2 Å². The lowest BCUT2D eigenvalue weighted by Crippen LogP contribution is -2.15. The molecule has 4 rings (SSSR count). The van der Waals surface area contributed by atoms with E-state index < -0.39 is 10.0 Å². The van der Waals surface area contributed by atoms with E-state index >= 15 is 0 Å². The van der Waals surface area contributed by atoms with Gasteiger partial charge in [0.05, 0.1) is 11.9 Å². The summed E-state index contributed by atoms with van der Waals surface area (Å²) in [7, 11) is -3.58. The van der Waals surface area contributed by atoms with Gasteiger partial charge in [0.2, 0.25) is 5.91 Å². The summed E-state index contributed by atoms with van der Waals surface area (Å²) in [6.45, 7) is 0. The number of nitrogens with one attached hydrogen (secondary N) is 2. The number of sulfonamides is 1. The van der Waals surface area contributed by atoms with Crippen LogP contribution in [-0.4, -0.2) is 19.3 Å². The average Bonchev–Trinajstić information content (AvgIpc) is 3.25. The fraction of sp³-hybridized carbons (Fsp3) is 0.0476. The van der Waals surface area contributed by atoms with Crippen LogP contribution in [0.15, 0.2) is 82.4 Å². The number of nitrogens with zero attached hydrogens (tertiary/aromatic N) is 1. The Labute approximate surface area is 172 Å². The Hall–Kier alpha value is -3.23. The average molecular weight is 424 g/mol. The Morgan fingerprint density at radius 1 is 0.931 bits per heavy atom. The van der Waals surface area contributed by atoms with E-state index in [4.69, 9.17) is 0 Å². The van der Waals surface area contributed by atoms with E-state index in [1.807, 2.05) is 30.3 Å². The standard InChI is InChI=1S/C21H17N3O3S2/c25-20(23-19-12-9-16-4-1-2-5-18(16)22-19)14-15-7-10-17(11-8-15)24-29(26,27)21-6-3-13-28-21/h1-13,24H,14H2,(H,22,23,25). The third kappa shape index (κ3) is 4.61. The van der Waals surface area contributed by atoms with Crippen LogP contribution in [0.4, 0.5) is 11.5 Å². The van der Waals surface area contributed by atoms with Crippen molar-refractivity contribution in [2.75, 3.05) is 10.0 Å². The van der Waals surface area contributed by atoms with Crippen LogP contribution < -0.4 is 10.0 Å². The van der Waals surface area contributed by atoms with Crippen LogP contribution in [0.1, 0.15) is 5.56 Å². The van der Waals surface area contributed by atoms with E-state index in [-0.39, 0.29) is 16.5 Å². The summed E-state index contributed by atoms with van der Waals surface area (Å²) in [5, 5.41) is 5.51. The molecule has 2 heterocycles. The maximum atomic E-state index is 12.3. The predicted molar refractivity (Wildman–Crippen MR) is 116 cm³/mol. The highest BCUT2D eigenvalue weighted by atomic mass is 32.2. The molecule has 0 aliphatic rings. The Kier molecular flexibility index (Phi) is 5.28. The minimum Gasteiger partial charge on any atom is -0.310 e. The highest BCUT2D eigenvalue weighted by Crippen LogP contribution is 2.21. The molecule has 0 fully saturated rings. The van der Waals surface area contributed by atoms with E-state index in [1.165, 1.54) is 0 Å².